The zero-order valence-electron chi connectivity index (χ0n) is 13.8. The molecule has 1 aromatic heterocycles. The first kappa shape index (κ1) is 17.8. The van der Waals surface area contributed by atoms with Crippen molar-refractivity contribution < 1.29 is 9.47 Å². The highest BCUT2D eigenvalue weighted by molar-refractivity contribution is 5.46. The third-order valence-corrected chi connectivity index (χ3v) is 3.15. The van der Waals surface area contributed by atoms with Gasteiger partial charge in [0.2, 0.25) is 0 Å². The Balaban J connectivity index is 2.78. The Kier molecular flexibility index (Phi) is 8.19. The van der Waals surface area contributed by atoms with Crippen molar-refractivity contribution in [2.24, 2.45) is 0 Å². The lowest BCUT2D eigenvalue weighted by Crippen LogP contribution is -2.27. The number of nitrogens with one attached hydrogen (secondary N) is 2. The van der Waals surface area contributed by atoms with Crippen LogP contribution in [0.4, 0.5) is 5.69 Å². The van der Waals surface area contributed by atoms with Crippen molar-refractivity contribution in [1.29, 1.82) is 0 Å². The van der Waals surface area contributed by atoms with Crippen LogP contribution in [0.3, 0.4) is 0 Å². The molecule has 0 aromatic carbocycles. The van der Waals surface area contributed by atoms with Crippen LogP contribution in [0.1, 0.15) is 38.2 Å². The molecule has 1 unspecified atom stereocenters. The van der Waals surface area contributed by atoms with Crippen LogP contribution in [0.2, 0.25) is 0 Å². The molecule has 2 N–H and O–H groups in total. The number of aromatic nitrogens is 2. The van der Waals surface area contributed by atoms with Crippen LogP contribution in [0, 0.1) is 0 Å². The quantitative estimate of drug-likeness (QED) is 0.686. The van der Waals surface area contributed by atoms with Gasteiger partial charge in [0.1, 0.15) is 5.82 Å². The minimum atomic E-state index is 0.00626. The summed E-state index contributed by atoms with van der Waals surface area (Å²) >= 11 is 0. The van der Waals surface area contributed by atoms with Gasteiger partial charge in [-0.25, -0.2) is 9.97 Å². The van der Waals surface area contributed by atoms with Crippen LogP contribution < -0.4 is 10.6 Å². The standard InChI is InChI=1S/C15H28N4O2/c1-6-16-8-14-13(9-18-15(19-14)11(2)3)17-7-12(21-5)10-20-4/h9,11-12,16-17H,6-8,10H2,1-5H3. The summed E-state index contributed by atoms with van der Waals surface area (Å²) < 4.78 is 10.5. The Bertz CT molecular complexity index is 413. The molecule has 0 aliphatic carbocycles. The van der Waals surface area contributed by atoms with E-state index in [9.17, 15) is 0 Å². The lowest BCUT2D eigenvalue weighted by atomic mass is 10.2. The molecule has 21 heavy (non-hydrogen) atoms. The second kappa shape index (κ2) is 9.65. The summed E-state index contributed by atoms with van der Waals surface area (Å²) in [6.45, 7) is 9.12. The molecule has 0 bridgehead atoms. The van der Waals surface area contributed by atoms with E-state index in [1.807, 2.05) is 6.20 Å². The Morgan fingerprint density at radius 2 is 2.05 bits per heavy atom. The van der Waals surface area contributed by atoms with Crippen molar-refractivity contribution in [2.75, 3.05) is 39.2 Å². The maximum absolute atomic E-state index is 5.35. The maximum Gasteiger partial charge on any atom is 0.131 e. The highest BCUT2D eigenvalue weighted by Gasteiger charge is 2.12. The Labute approximate surface area is 127 Å². The molecule has 0 aliphatic rings. The summed E-state index contributed by atoms with van der Waals surface area (Å²) in [6, 6.07) is 0. The van der Waals surface area contributed by atoms with Crippen LogP contribution in [0.5, 0.6) is 0 Å². The minimum Gasteiger partial charge on any atom is -0.382 e. The molecule has 6 nitrogen and oxygen atoms in total. The predicted molar refractivity (Wildman–Crippen MR) is 84.7 cm³/mol. The maximum atomic E-state index is 5.35. The van der Waals surface area contributed by atoms with Gasteiger partial charge in [-0.1, -0.05) is 20.8 Å². The van der Waals surface area contributed by atoms with Gasteiger partial charge in [-0.15, -0.1) is 0 Å². The van der Waals surface area contributed by atoms with Gasteiger partial charge in [-0.2, -0.15) is 0 Å². The fraction of sp³-hybridized carbons (Fsp3) is 0.733. The number of anilines is 1. The van der Waals surface area contributed by atoms with Crippen molar-refractivity contribution in [3.05, 3.63) is 17.7 Å². The SMILES string of the molecule is CCNCc1nc(C(C)C)ncc1NCC(COC)OC. The fourth-order valence-corrected chi connectivity index (χ4v) is 1.86. The van der Waals surface area contributed by atoms with Gasteiger partial charge in [-0.3, -0.25) is 0 Å². The largest absolute Gasteiger partial charge is 0.382 e. The molecule has 1 rings (SSSR count). The van der Waals surface area contributed by atoms with Crippen molar-refractivity contribution in [3.63, 3.8) is 0 Å². The fourth-order valence-electron chi connectivity index (χ4n) is 1.86. The third kappa shape index (κ3) is 5.95. The van der Waals surface area contributed by atoms with Crippen molar-refractivity contribution in [3.8, 4) is 0 Å². The second-order valence-corrected chi connectivity index (χ2v) is 5.22. The van der Waals surface area contributed by atoms with E-state index in [0.717, 1.165) is 30.3 Å². The summed E-state index contributed by atoms with van der Waals surface area (Å²) in [5.74, 6) is 1.19. The van der Waals surface area contributed by atoms with Crippen LogP contribution in [-0.4, -0.2) is 50.0 Å². The molecule has 1 heterocycles. The molecule has 0 saturated carbocycles. The number of nitrogens with zero attached hydrogens (tertiary/aromatic N) is 2. The molecule has 1 aromatic rings. The van der Waals surface area contributed by atoms with Gasteiger partial charge in [0, 0.05) is 33.2 Å². The van der Waals surface area contributed by atoms with E-state index in [-0.39, 0.29) is 6.10 Å². The third-order valence-electron chi connectivity index (χ3n) is 3.15. The summed E-state index contributed by atoms with van der Waals surface area (Å²) in [5, 5.41) is 6.67. The van der Waals surface area contributed by atoms with Crippen LogP contribution >= 0.6 is 0 Å². The predicted octanol–water partition coefficient (Wildman–Crippen LogP) is 1.78. The summed E-state index contributed by atoms with van der Waals surface area (Å²) in [7, 11) is 3.35. The van der Waals surface area contributed by atoms with Crippen molar-refractivity contribution in [2.45, 2.75) is 39.3 Å². The Hall–Kier alpha value is -1.24. The first-order chi connectivity index (χ1) is 10.1. The minimum absolute atomic E-state index is 0.00626. The Morgan fingerprint density at radius 3 is 2.62 bits per heavy atom. The smallest absolute Gasteiger partial charge is 0.131 e. The van der Waals surface area contributed by atoms with E-state index < -0.39 is 0 Å². The molecule has 0 radical (unpaired) electrons. The topological polar surface area (TPSA) is 68.3 Å². The van der Waals surface area contributed by atoms with Gasteiger partial charge >= 0.3 is 0 Å². The Morgan fingerprint density at radius 1 is 1.29 bits per heavy atom. The van der Waals surface area contributed by atoms with Crippen LogP contribution in [-0.2, 0) is 16.0 Å². The summed E-state index contributed by atoms with van der Waals surface area (Å²) in [5.41, 5.74) is 1.93. The average Bonchev–Trinajstić information content (AvgIpc) is 2.49. The van der Waals surface area contributed by atoms with Gasteiger partial charge in [0.05, 0.1) is 30.3 Å². The van der Waals surface area contributed by atoms with E-state index >= 15 is 0 Å². The van der Waals surface area contributed by atoms with Gasteiger partial charge < -0.3 is 20.1 Å². The van der Waals surface area contributed by atoms with E-state index in [1.165, 1.54) is 0 Å². The van der Waals surface area contributed by atoms with E-state index in [2.05, 4.69) is 41.4 Å². The number of hydrogen-bond donors (Lipinski definition) is 2. The normalized spacial score (nSPS) is 12.7. The zero-order chi connectivity index (χ0) is 15.7. The lowest BCUT2D eigenvalue weighted by Gasteiger charge is -2.18. The van der Waals surface area contributed by atoms with Gasteiger partial charge in [-0.05, 0) is 6.54 Å². The molecule has 1 atom stereocenters. The highest BCUT2D eigenvalue weighted by Crippen LogP contribution is 2.16. The van der Waals surface area contributed by atoms with Crippen molar-refractivity contribution >= 4 is 5.69 Å². The van der Waals surface area contributed by atoms with E-state index in [1.54, 1.807) is 14.2 Å². The van der Waals surface area contributed by atoms with E-state index in [0.29, 0.717) is 19.1 Å². The molecule has 0 aliphatic heterocycles. The number of methoxy groups -OCH3 is 2. The molecular weight excluding hydrogens is 268 g/mol. The lowest BCUT2D eigenvalue weighted by molar-refractivity contribution is 0.0365. The van der Waals surface area contributed by atoms with Crippen LogP contribution in [0.25, 0.3) is 0 Å². The zero-order valence-corrected chi connectivity index (χ0v) is 13.8. The molecule has 0 spiro atoms. The highest BCUT2D eigenvalue weighted by atomic mass is 16.5. The summed E-state index contributed by atoms with van der Waals surface area (Å²) in [4.78, 5) is 9.07. The molecule has 0 amide bonds. The van der Waals surface area contributed by atoms with Crippen molar-refractivity contribution in [1.82, 2.24) is 15.3 Å². The first-order valence-electron chi connectivity index (χ1n) is 7.44. The molecular formula is C15H28N4O2. The molecule has 6 heteroatoms. The number of hydrogen-bond acceptors (Lipinski definition) is 6. The second-order valence-electron chi connectivity index (χ2n) is 5.22. The molecule has 0 saturated heterocycles. The van der Waals surface area contributed by atoms with Crippen LogP contribution in [0.15, 0.2) is 6.20 Å². The summed E-state index contributed by atoms with van der Waals surface area (Å²) in [6.07, 6.45) is 1.86. The molecule has 120 valence electrons. The first-order valence-corrected chi connectivity index (χ1v) is 7.44. The van der Waals surface area contributed by atoms with E-state index in [4.69, 9.17) is 9.47 Å². The van der Waals surface area contributed by atoms with Gasteiger partial charge in [0.15, 0.2) is 0 Å². The number of rotatable bonds is 10. The molecule has 0 fully saturated rings. The monoisotopic (exact) mass is 296 g/mol. The van der Waals surface area contributed by atoms with Gasteiger partial charge in [0.25, 0.3) is 0 Å². The number of ether oxygens (including phenoxy) is 2. The average molecular weight is 296 g/mol.